The van der Waals surface area contributed by atoms with Gasteiger partial charge in [0.05, 0.1) is 0 Å². The number of unbranched alkanes of at least 4 members (excludes halogenated alkanes) is 3. The van der Waals surface area contributed by atoms with Crippen molar-refractivity contribution in [3.63, 3.8) is 0 Å². The Morgan fingerprint density at radius 1 is 0.467 bits per heavy atom. The van der Waals surface area contributed by atoms with E-state index in [2.05, 4.69) is 64.1 Å². The molecule has 0 aromatic carbocycles. The van der Waals surface area contributed by atoms with E-state index in [1.165, 1.54) is 38.5 Å². The molecule has 15 heavy (non-hydrogen) atoms. The first kappa shape index (κ1) is 30.0. The maximum absolute atomic E-state index is 2.18. The molecule has 0 heterocycles. The van der Waals surface area contributed by atoms with Crippen LogP contribution in [0.5, 0.6) is 0 Å². The molecule has 0 fully saturated rings. The number of rotatable bonds is 3. The molecule has 96 valence electrons. The van der Waals surface area contributed by atoms with E-state index in [0.717, 1.165) is 0 Å². The second kappa shape index (κ2) is 57.8. The molecule has 0 aliphatic heterocycles. The largest absolute Gasteiger partial charge is 0.0901 e. The summed E-state index contributed by atoms with van der Waals surface area (Å²) in [6.07, 6.45) is 7.92. The van der Waals surface area contributed by atoms with Crippen LogP contribution in [0.25, 0.3) is 0 Å². The molecule has 0 aromatic rings. The Balaban J connectivity index is -0.0000000298. The van der Waals surface area contributed by atoms with Crippen LogP contribution in [0.1, 0.15) is 80.1 Å². The van der Waals surface area contributed by atoms with Crippen LogP contribution in [0.3, 0.4) is 0 Å². The summed E-state index contributed by atoms with van der Waals surface area (Å²) in [4.78, 5) is 1.97. The molecule has 0 aliphatic carbocycles. The minimum atomic E-state index is 0. The Hall–Kier alpha value is 1.53. The fourth-order valence-corrected chi connectivity index (χ4v) is 0. The van der Waals surface area contributed by atoms with Gasteiger partial charge in [-0.3, -0.25) is 0 Å². The van der Waals surface area contributed by atoms with Gasteiger partial charge in [0, 0.05) is 23.9 Å². The first-order valence-electron chi connectivity index (χ1n) is 6.12. The van der Waals surface area contributed by atoms with Gasteiger partial charge in [-0.1, -0.05) is 103 Å². The van der Waals surface area contributed by atoms with Crippen LogP contribution in [0, 0.1) is 0 Å². The molecule has 0 bridgehead atoms. The molecule has 0 spiro atoms. The average Bonchev–Trinajstić information content (AvgIpc) is 2.31. The summed E-state index contributed by atoms with van der Waals surface area (Å²) < 4.78 is 0. The minimum absolute atomic E-state index is 0. The quantitative estimate of drug-likeness (QED) is 0.286. The SMILES string of the molecule is CCCC.CCCC.CCCC.CI.[Sn]. The summed E-state index contributed by atoms with van der Waals surface area (Å²) >= 11 is 2.15. The molecular formula is C13H33ISn. The maximum atomic E-state index is 2.18. The van der Waals surface area contributed by atoms with Gasteiger partial charge in [-0.15, -0.1) is 0 Å². The van der Waals surface area contributed by atoms with Crippen molar-refractivity contribution < 1.29 is 0 Å². The van der Waals surface area contributed by atoms with E-state index in [1.807, 2.05) is 4.93 Å². The van der Waals surface area contributed by atoms with Crippen molar-refractivity contribution in [1.82, 2.24) is 0 Å². The number of hydrogen-bond acceptors (Lipinski definition) is 0. The monoisotopic (exact) mass is 436 g/mol. The molecule has 0 saturated carbocycles. The molecule has 4 radical (unpaired) electrons. The summed E-state index contributed by atoms with van der Waals surface area (Å²) in [5.74, 6) is 0. The second-order valence-corrected chi connectivity index (χ2v) is 3.00. The molecule has 0 saturated heterocycles. The van der Waals surface area contributed by atoms with E-state index >= 15 is 0 Å². The minimum Gasteiger partial charge on any atom is -0.0901 e. The predicted molar refractivity (Wildman–Crippen MR) is 87.4 cm³/mol. The zero-order valence-corrected chi connectivity index (χ0v) is 17.1. The van der Waals surface area contributed by atoms with Crippen molar-refractivity contribution in [3.05, 3.63) is 0 Å². The van der Waals surface area contributed by atoms with E-state index in [9.17, 15) is 0 Å². The van der Waals surface area contributed by atoms with Crippen molar-refractivity contribution in [1.29, 1.82) is 0 Å². The van der Waals surface area contributed by atoms with Gasteiger partial charge in [-0.05, 0) is 4.93 Å². The van der Waals surface area contributed by atoms with Crippen LogP contribution in [0.4, 0.5) is 0 Å². The van der Waals surface area contributed by atoms with E-state index in [1.54, 1.807) is 0 Å². The first-order valence-corrected chi connectivity index (χ1v) is 8.28. The Morgan fingerprint density at radius 3 is 0.533 bits per heavy atom. The van der Waals surface area contributed by atoms with Gasteiger partial charge in [0.2, 0.25) is 0 Å². The molecule has 0 unspecified atom stereocenters. The van der Waals surface area contributed by atoms with Crippen LogP contribution < -0.4 is 0 Å². The van der Waals surface area contributed by atoms with Gasteiger partial charge in [0.1, 0.15) is 0 Å². The predicted octanol–water partition coefficient (Wildman–Crippen LogP) is 6.09. The molecule has 0 nitrogen and oxygen atoms in total. The third-order valence-corrected chi connectivity index (χ3v) is 1.50. The van der Waals surface area contributed by atoms with Crippen molar-refractivity contribution in [2.24, 2.45) is 0 Å². The summed E-state index contributed by atoms with van der Waals surface area (Å²) in [7, 11) is 0. The molecule has 0 N–H and O–H groups in total. The molecule has 2 heteroatoms. The van der Waals surface area contributed by atoms with Gasteiger partial charge < -0.3 is 0 Å². The Bertz CT molecular complexity index is 26.0. The number of alkyl halides is 1. The number of halogens is 1. The van der Waals surface area contributed by atoms with Crippen molar-refractivity contribution in [2.75, 3.05) is 4.93 Å². The van der Waals surface area contributed by atoms with Gasteiger partial charge in [-0.2, -0.15) is 0 Å². The zero-order chi connectivity index (χ0) is 12.2. The Labute approximate surface area is 130 Å². The summed E-state index contributed by atoms with van der Waals surface area (Å²) in [5, 5.41) is 0. The summed E-state index contributed by atoms with van der Waals surface area (Å²) in [6.45, 7) is 13.1. The van der Waals surface area contributed by atoms with Crippen molar-refractivity contribution in [3.8, 4) is 0 Å². The summed E-state index contributed by atoms with van der Waals surface area (Å²) in [5.41, 5.74) is 0. The smallest absolute Gasteiger partial charge is 0 e. The molecule has 0 amide bonds. The molecule has 0 rings (SSSR count). The van der Waals surface area contributed by atoms with Crippen LogP contribution in [-0.4, -0.2) is 28.8 Å². The topological polar surface area (TPSA) is 0 Å². The van der Waals surface area contributed by atoms with Crippen LogP contribution in [-0.2, 0) is 0 Å². The molecular weight excluding hydrogens is 402 g/mol. The number of hydrogen-bond donors (Lipinski definition) is 0. The van der Waals surface area contributed by atoms with Gasteiger partial charge in [0.25, 0.3) is 0 Å². The maximum Gasteiger partial charge on any atom is 0 e. The third-order valence-electron chi connectivity index (χ3n) is 1.50. The standard InChI is InChI=1S/3C4H10.CH3I.Sn/c3*1-3-4-2;1-2;/h3*3-4H2,1-2H3;1H3;. The third kappa shape index (κ3) is 139. The van der Waals surface area contributed by atoms with Gasteiger partial charge in [0.15, 0.2) is 0 Å². The Kier molecular flexibility index (Phi) is 116. The zero-order valence-electron chi connectivity index (χ0n) is 12.1. The molecule has 0 aliphatic rings. The molecule has 0 atom stereocenters. The second-order valence-electron chi connectivity index (χ2n) is 3.00. The van der Waals surface area contributed by atoms with E-state index in [4.69, 9.17) is 0 Å². The van der Waals surface area contributed by atoms with Gasteiger partial charge >= 0.3 is 0 Å². The van der Waals surface area contributed by atoms with Crippen LogP contribution in [0.2, 0.25) is 0 Å². The Morgan fingerprint density at radius 2 is 0.533 bits per heavy atom. The summed E-state index contributed by atoms with van der Waals surface area (Å²) in [6, 6.07) is 0. The fourth-order valence-electron chi connectivity index (χ4n) is 0. The van der Waals surface area contributed by atoms with Crippen molar-refractivity contribution >= 4 is 46.5 Å². The van der Waals surface area contributed by atoms with Gasteiger partial charge in [-0.25, -0.2) is 0 Å². The first-order chi connectivity index (χ1) is 6.74. The average molecular weight is 435 g/mol. The molecule has 0 aromatic heterocycles. The van der Waals surface area contributed by atoms with E-state index in [-0.39, 0.29) is 23.9 Å². The van der Waals surface area contributed by atoms with E-state index < -0.39 is 0 Å². The van der Waals surface area contributed by atoms with E-state index in [0.29, 0.717) is 0 Å². The normalized spacial score (nSPS) is 6.40. The van der Waals surface area contributed by atoms with Crippen molar-refractivity contribution in [2.45, 2.75) is 80.1 Å². The van der Waals surface area contributed by atoms with Crippen LogP contribution in [0.15, 0.2) is 0 Å². The van der Waals surface area contributed by atoms with Crippen LogP contribution >= 0.6 is 22.6 Å². The fraction of sp³-hybridized carbons (Fsp3) is 1.00.